The van der Waals surface area contributed by atoms with Crippen molar-refractivity contribution in [2.24, 2.45) is 0 Å². The molecule has 0 saturated carbocycles. The molecule has 0 amide bonds. The van der Waals surface area contributed by atoms with Crippen molar-refractivity contribution in [3.8, 4) is 0 Å². The van der Waals surface area contributed by atoms with Crippen LogP contribution in [0.4, 0.5) is 0 Å². The summed E-state index contributed by atoms with van der Waals surface area (Å²) in [5, 5.41) is 0.842. The predicted octanol–water partition coefficient (Wildman–Crippen LogP) is 1.03. The molecule has 13 heavy (non-hydrogen) atoms. The van der Waals surface area contributed by atoms with E-state index in [1.54, 1.807) is 0 Å². The molecule has 1 aromatic rings. The Labute approximate surface area is 90.5 Å². The zero-order chi connectivity index (χ0) is 10.4. The van der Waals surface area contributed by atoms with Crippen molar-refractivity contribution in [1.82, 2.24) is 0 Å². The van der Waals surface area contributed by atoms with E-state index in [-0.39, 0.29) is 0 Å². The highest BCUT2D eigenvalue weighted by Crippen LogP contribution is 2.79. The lowest BCUT2D eigenvalue weighted by molar-refractivity contribution is 1.42. The molecule has 0 unspecified atom stereocenters. The molecule has 0 saturated heterocycles. The van der Waals surface area contributed by atoms with Crippen molar-refractivity contribution in [2.45, 2.75) is 4.90 Å². The molecule has 0 aliphatic rings. The van der Waals surface area contributed by atoms with Crippen LogP contribution in [0.3, 0.4) is 0 Å². The van der Waals surface area contributed by atoms with E-state index in [0.29, 0.717) is 0 Å². The Balaban J connectivity index is 3.34. The third kappa shape index (κ3) is 3.16. The molecule has 0 atom stereocenters. The molecule has 0 heterocycles. The van der Waals surface area contributed by atoms with Gasteiger partial charge in [-0.05, 0) is 17.0 Å². The standard InChI is InChI=1S/C9H19ClSSi2/c1-11(2,3,12,13)9-6-4-8(10)5-7-9/h4-7H,1-3,12-13H3. The lowest BCUT2D eigenvalue weighted by atomic mass is 10.4. The first-order valence-electron chi connectivity index (χ1n) is 4.26. The SMILES string of the molecule is CS(C)(C)([SiH3])([SiH3])c1ccc(Cl)cc1. The van der Waals surface area contributed by atoms with E-state index in [1.165, 1.54) is 23.7 Å². The van der Waals surface area contributed by atoms with Crippen LogP contribution in [0.1, 0.15) is 0 Å². The maximum absolute atomic E-state index is 5.89. The lowest BCUT2D eigenvalue weighted by Crippen LogP contribution is -2.32. The van der Waals surface area contributed by atoms with Gasteiger partial charge in [0.15, 0.2) is 0 Å². The Morgan fingerprint density at radius 2 is 1.38 bits per heavy atom. The fourth-order valence-corrected chi connectivity index (χ4v) is 4.37. The van der Waals surface area contributed by atoms with E-state index in [4.69, 9.17) is 11.6 Å². The highest BCUT2D eigenvalue weighted by atomic mass is 35.5. The maximum Gasteiger partial charge on any atom is 0.0406 e. The van der Waals surface area contributed by atoms with Crippen molar-refractivity contribution in [1.29, 1.82) is 0 Å². The van der Waals surface area contributed by atoms with Crippen molar-refractivity contribution >= 4 is 37.6 Å². The highest BCUT2D eigenvalue weighted by molar-refractivity contribution is 8.89. The predicted molar refractivity (Wildman–Crippen MR) is 75.0 cm³/mol. The molecule has 0 spiro atoms. The van der Waals surface area contributed by atoms with Gasteiger partial charge >= 0.3 is 0 Å². The summed E-state index contributed by atoms with van der Waals surface area (Å²) in [5.41, 5.74) is 0. The van der Waals surface area contributed by atoms with Gasteiger partial charge in [0.05, 0.1) is 0 Å². The summed E-state index contributed by atoms with van der Waals surface area (Å²) in [4.78, 5) is 1.53. The summed E-state index contributed by atoms with van der Waals surface area (Å²) in [5.74, 6) is 0. The fourth-order valence-electron chi connectivity index (χ4n) is 1.12. The minimum atomic E-state index is -1.73. The van der Waals surface area contributed by atoms with Gasteiger partial charge in [-0.15, -0.1) is 0 Å². The van der Waals surface area contributed by atoms with Gasteiger partial charge in [-0.3, -0.25) is 7.19 Å². The molecule has 0 bridgehead atoms. The Hall–Kier alpha value is 0.294. The van der Waals surface area contributed by atoms with Gasteiger partial charge in [-0.1, -0.05) is 42.5 Å². The van der Waals surface area contributed by atoms with Crippen LogP contribution in [-0.4, -0.2) is 37.6 Å². The molecule has 0 nitrogen and oxygen atoms in total. The second kappa shape index (κ2) is 2.45. The monoisotopic (exact) mass is 250 g/mol. The number of rotatable bonds is 1. The minimum Gasteiger partial charge on any atom is -0.287 e. The van der Waals surface area contributed by atoms with Crippen LogP contribution >= 0.6 is 18.8 Å². The Kier molecular flexibility index (Phi) is 2.14. The smallest absolute Gasteiger partial charge is 0.0406 e. The molecular formula is C9H19ClSSi2. The topological polar surface area (TPSA) is 0 Å². The second-order valence-corrected chi connectivity index (χ2v) is 44.6. The summed E-state index contributed by atoms with van der Waals surface area (Å²) in [7, 11) is 0.804. The van der Waals surface area contributed by atoms with E-state index in [9.17, 15) is 0 Å². The Morgan fingerprint density at radius 1 is 1.00 bits per heavy atom. The Bertz CT molecular complexity index is 322. The largest absolute Gasteiger partial charge is 0.287 e. The molecule has 0 aromatic heterocycles. The zero-order valence-corrected chi connectivity index (χ0v) is 14.7. The Morgan fingerprint density at radius 3 is 1.69 bits per heavy atom. The van der Waals surface area contributed by atoms with E-state index >= 15 is 0 Å². The van der Waals surface area contributed by atoms with E-state index < -0.39 is 7.19 Å². The lowest BCUT2D eigenvalue weighted by Gasteiger charge is -2.66. The van der Waals surface area contributed by atoms with Crippen LogP contribution in [0.2, 0.25) is 5.02 Å². The number of hydrogen-bond donors (Lipinski definition) is 0. The number of benzene rings is 1. The third-order valence-electron chi connectivity index (χ3n) is 1.99. The van der Waals surface area contributed by atoms with E-state index in [1.807, 2.05) is 12.1 Å². The highest BCUT2D eigenvalue weighted by Gasteiger charge is 2.38. The first-order chi connectivity index (χ1) is 5.49. The van der Waals surface area contributed by atoms with E-state index in [0.717, 1.165) is 5.02 Å². The maximum atomic E-state index is 5.89. The molecule has 0 N–H and O–H groups in total. The van der Waals surface area contributed by atoms with Crippen LogP contribution in [0.15, 0.2) is 29.2 Å². The molecule has 1 rings (SSSR count). The molecule has 76 valence electrons. The summed E-state index contributed by atoms with van der Waals surface area (Å²) < 4.78 is 0. The summed E-state index contributed by atoms with van der Waals surface area (Å²) in [6, 6.07) is 8.46. The molecule has 0 aliphatic heterocycles. The van der Waals surface area contributed by atoms with E-state index in [2.05, 4.69) is 30.9 Å². The van der Waals surface area contributed by atoms with Gasteiger partial charge in [-0.2, -0.15) is 0 Å². The normalized spacial score (nSPS) is 18.2. The summed E-state index contributed by atoms with van der Waals surface area (Å²) in [6.45, 7) is 0. The minimum absolute atomic E-state index is 0.842. The van der Waals surface area contributed by atoms with Crippen LogP contribution in [0.5, 0.6) is 0 Å². The van der Waals surface area contributed by atoms with Crippen LogP contribution in [0, 0.1) is 0 Å². The van der Waals surface area contributed by atoms with Gasteiger partial charge in [0, 0.05) is 23.8 Å². The molecule has 0 aliphatic carbocycles. The van der Waals surface area contributed by atoms with Crippen LogP contribution in [-0.2, 0) is 0 Å². The molecule has 0 fully saturated rings. The van der Waals surface area contributed by atoms with Gasteiger partial charge in [0.1, 0.15) is 0 Å². The van der Waals surface area contributed by atoms with Crippen LogP contribution in [0.25, 0.3) is 0 Å². The van der Waals surface area contributed by atoms with Gasteiger partial charge in [0.2, 0.25) is 0 Å². The summed E-state index contributed by atoms with van der Waals surface area (Å²) >= 11 is 5.89. The average Bonchev–Trinajstić information content (AvgIpc) is 1.82. The van der Waals surface area contributed by atoms with Crippen molar-refractivity contribution < 1.29 is 0 Å². The average molecular weight is 251 g/mol. The first kappa shape index (κ1) is 11.4. The molecular weight excluding hydrogens is 232 g/mol. The van der Waals surface area contributed by atoms with Crippen molar-refractivity contribution in [3.63, 3.8) is 0 Å². The van der Waals surface area contributed by atoms with Gasteiger partial charge in [-0.25, -0.2) is 0 Å². The summed E-state index contributed by atoms with van der Waals surface area (Å²) in [6.07, 6.45) is 7.42. The van der Waals surface area contributed by atoms with Crippen LogP contribution < -0.4 is 0 Å². The molecule has 0 radical (unpaired) electrons. The second-order valence-electron chi connectivity index (χ2n) is 6.56. The molecule has 4 heteroatoms. The van der Waals surface area contributed by atoms with Crippen molar-refractivity contribution in [3.05, 3.63) is 29.3 Å². The first-order valence-corrected chi connectivity index (χ1v) is 14.0. The quantitative estimate of drug-likeness (QED) is 0.654. The third-order valence-corrected chi connectivity index (χ3v) is 7.70. The van der Waals surface area contributed by atoms with Crippen molar-refractivity contribution in [2.75, 3.05) is 18.8 Å². The zero-order valence-electron chi connectivity index (χ0n) is 9.10. The van der Waals surface area contributed by atoms with Gasteiger partial charge < -0.3 is 0 Å². The number of halogens is 1. The van der Waals surface area contributed by atoms with Gasteiger partial charge in [0.25, 0.3) is 0 Å². The molecule has 1 aromatic carbocycles. The number of hydrogen-bond acceptors (Lipinski definition) is 0. The fraction of sp³-hybridized carbons (Fsp3) is 0.333.